The Morgan fingerprint density at radius 3 is 1.79 bits per heavy atom. The number of thiophene rings is 1. The summed E-state index contributed by atoms with van der Waals surface area (Å²) in [6.07, 6.45) is 0. The summed E-state index contributed by atoms with van der Waals surface area (Å²) in [6.45, 7) is 0. The molecule has 248 valence electrons. The number of benzene rings is 9. The van der Waals surface area contributed by atoms with Crippen LogP contribution in [0.25, 0.3) is 85.9 Å². The molecule has 9 aromatic carbocycles. The van der Waals surface area contributed by atoms with Gasteiger partial charge in [0.1, 0.15) is 11.2 Å². The third-order valence-electron chi connectivity index (χ3n) is 10.6. The number of fused-ring (bicyclic) bond motifs is 8. The van der Waals surface area contributed by atoms with Crippen LogP contribution in [0.4, 0.5) is 17.1 Å². The van der Waals surface area contributed by atoms with Crippen molar-refractivity contribution in [1.82, 2.24) is 0 Å². The molecule has 0 saturated carbocycles. The fourth-order valence-electron chi connectivity index (χ4n) is 8.02. The fourth-order valence-corrected chi connectivity index (χ4v) is 9.14. The molecule has 0 unspecified atom stereocenters. The molecule has 2 nitrogen and oxygen atoms in total. The zero-order chi connectivity index (χ0) is 34.9. The summed E-state index contributed by atoms with van der Waals surface area (Å²) in [6, 6.07) is 68.1. The predicted octanol–water partition coefficient (Wildman–Crippen LogP) is 15.1. The van der Waals surface area contributed by atoms with E-state index in [4.69, 9.17) is 4.42 Å². The van der Waals surface area contributed by atoms with Crippen molar-refractivity contribution in [2.45, 2.75) is 0 Å². The maximum Gasteiger partial charge on any atom is 0.137 e. The summed E-state index contributed by atoms with van der Waals surface area (Å²) in [5.74, 6) is 0. The van der Waals surface area contributed by atoms with Crippen molar-refractivity contribution in [2.75, 3.05) is 4.90 Å². The zero-order valence-corrected chi connectivity index (χ0v) is 29.5. The van der Waals surface area contributed by atoms with Gasteiger partial charge < -0.3 is 9.32 Å². The van der Waals surface area contributed by atoms with Crippen molar-refractivity contribution < 1.29 is 4.42 Å². The number of hydrogen-bond acceptors (Lipinski definition) is 3. The van der Waals surface area contributed by atoms with E-state index in [0.29, 0.717) is 0 Å². The Kier molecular flexibility index (Phi) is 6.76. The lowest BCUT2D eigenvalue weighted by Gasteiger charge is -2.26. The highest BCUT2D eigenvalue weighted by atomic mass is 32.1. The molecule has 0 bridgehead atoms. The van der Waals surface area contributed by atoms with Crippen molar-refractivity contribution in [3.05, 3.63) is 188 Å². The SMILES string of the molecule is c1ccc2cc(-c3ccc(N(c4ccc5c(c4)oc4ccccc45)c4ccc5sc6cccc(-c7ccc8ccccc8c7)c6c5c4)cc3)ccc2c1. The molecule has 0 spiro atoms. The lowest BCUT2D eigenvalue weighted by Crippen LogP contribution is -2.09. The summed E-state index contributed by atoms with van der Waals surface area (Å²) >= 11 is 1.86. The summed E-state index contributed by atoms with van der Waals surface area (Å²) in [7, 11) is 0. The first kappa shape index (κ1) is 30.0. The second kappa shape index (κ2) is 11.9. The number of nitrogens with zero attached hydrogens (tertiary/aromatic N) is 1. The van der Waals surface area contributed by atoms with Gasteiger partial charge in [-0.3, -0.25) is 0 Å². The monoisotopic (exact) mass is 693 g/mol. The number of anilines is 3. The van der Waals surface area contributed by atoms with Crippen molar-refractivity contribution in [3.63, 3.8) is 0 Å². The Morgan fingerprint density at radius 2 is 0.981 bits per heavy atom. The van der Waals surface area contributed by atoms with Gasteiger partial charge in [0.25, 0.3) is 0 Å². The molecule has 2 heterocycles. The van der Waals surface area contributed by atoms with Gasteiger partial charge in [0.15, 0.2) is 0 Å². The molecule has 0 aliphatic carbocycles. The molecular weight excluding hydrogens is 663 g/mol. The van der Waals surface area contributed by atoms with Crippen LogP contribution >= 0.6 is 11.3 Å². The Morgan fingerprint density at radius 1 is 0.358 bits per heavy atom. The standard InChI is InChI=1S/C50H31NOS/c1-3-10-35-28-37(18-16-32(35)8-1)34-20-22-39(23-21-34)51(41-24-26-44-43-12-5-6-14-46(43)52-47(44)31-41)40-25-27-48-45(30-40)50-42(13-7-15-49(50)53-48)38-19-17-33-9-2-4-11-36(33)29-38/h1-31H. The molecular formula is C50H31NOS. The molecule has 0 aliphatic heterocycles. The summed E-state index contributed by atoms with van der Waals surface area (Å²) in [4.78, 5) is 2.36. The average Bonchev–Trinajstić information content (AvgIpc) is 3.79. The van der Waals surface area contributed by atoms with E-state index < -0.39 is 0 Å². The minimum atomic E-state index is 0.877. The summed E-state index contributed by atoms with van der Waals surface area (Å²) in [5, 5.41) is 9.81. The van der Waals surface area contributed by atoms with Crippen LogP contribution in [-0.4, -0.2) is 0 Å². The molecule has 0 atom stereocenters. The van der Waals surface area contributed by atoms with E-state index in [9.17, 15) is 0 Å². The van der Waals surface area contributed by atoms with Gasteiger partial charge in [-0.05, 0) is 111 Å². The van der Waals surface area contributed by atoms with E-state index in [1.807, 2.05) is 23.5 Å². The van der Waals surface area contributed by atoms with Crippen molar-refractivity contribution in [2.24, 2.45) is 0 Å². The topological polar surface area (TPSA) is 16.4 Å². The highest BCUT2D eigenvalue weighted by molar-refractivity contribution is 7.26. The maximum atomic E-state index is 6.41. The Labute approximate surface area is 310 Å². The van der Waals surface area contributed by atoms with Gasteiger partial charge in [-0.25, -0.2) is 0 Å². The molecule has 0 fully saturated rings. The third kappa shape index (κ3) is 5.01. The first-order chi connectivity index (χ1) is 26.2. The molecule has 0 radical (unpaired) electrons. The van der Waals surface area contributed by atoms with Crippen LogP contribution in [-0.2, 0) is 0 Å². The number of para-hydroxylation sites is 1. The minimum Gasteiger partial charge on any atom is -0.456 e. The molecule has 0 aliphatic rings. The number of furan rings is 1. The molecule has 3 heteroatoms. The van der Waals surface area contributed by atoms with Gasteiger partial charge in [-0.2, -0.15) is 0 Å². The van der Waals surface area contributed by atoms with Crippen molar-refractivity contribution >= 4 is 92.1 Å². The molecule has 0 amide bonds. The molecule has 0 N–H and O–H groups in total. The second-order valence-electron chi connectivity index (χ2n) is 13.7. The first-order valence-corrected chi connectivity index (χ1v) is 18.8. The normalized spacial score (nSPS) is 11.8. The van der Waals surface area contributed by atoms with E-state index in [0.717, 1.165) is 39.0 Å². The molecule has 11 rings (SSSR count). The van der Waals surface area contributed by atoms with Crippen molar-refractivity contribution in [3.8, 4) is 22.3 Å². The van der Waals surface area contributed by atoms with Gasteiger partial charge in [0.2, 0.25) is 0 Å². The van der Waals surface area contributed by atoms with Crippen LogP contribution in [0.15, 0.2) is 192 Å². The van der Waals surface area contributed by atoms with Gasteiger partial charge in [-0.15, -0.1) is 11.3 Å². The minimum absolute atomic E-state index is 0.877. The van der Waals surface area contributed by atoms with Gasteiger partial charge in [0.05, 0.1) is 0 Å². The van der Waals surface area contributed by atoms with E-state index in [1.54, 1.807) is 0 Å². The summed E-state index contributed by atoms with van der Waals surface area (Å²) < 4.78 is 8.98. The summed E-state index contributed by atoms with van der Waals surface area (Å²) in [5.41, 5.74) is 9.88. The zero-order valence-electron chi connectivity index (χ0n) is 28.7. The van der Waals surface area contributed by atoms with E-state index in [1.165, 1.54) is 64.0 Å². The lowest BCUT2D eigenvalue weighted by molar-refractivity contribution is 0.669. The van der Waals surface area contributed by atoms with Crippen LogP contribution in [0.2, 0.25) is 0 Å². The Balaban J connectivity index is 1.09. The second-order valence-corrected chi connectivity index (χ2v) is 14.8. The Bertz CT molecular complexity index is 3190. The van der Waals surface area contributed by atoms with Crippen LogP contribution in [0, 0.1) is 0 Å². The van der Waals surface area contributed by atoms with Crippen LogP contribution < -0.4 is 4.90 Å². The Hall–Kier alpha value is -6.68. The lowest BCUT2D eigenvalue weighted by atomic mass is 9.97. The van der Waals surface area contributed by atoms with Crippen LogP contribution in [0.3, 0.4) is 0 Å². The fraction of sp³-hybridized carbons (Fsp3) is 0. The van der Waals surface area contributed by atoms with E-state index >= 15 is 0 Å². The average molecular weight is 694 g/mol. The predicted molar refractivity (Wildman–Crippen MR) is 227 cm³/mol. The van der Waals surface area contributed by atoms with Gasteiger partial charge in [-0.1, -0.05) is 115 Å². The quantitative estimate of drug-likeness (QED) is 0.178. The van der Waals surface area contributed by atoms with Crippen LogP contribution in [0.5, 0.6) is 0 Å². The molecule has 2 aromatic heterocycles. The van der Waals surface area contributed by atoms with E-state index in [2.05, 4.69) is 181 Å². The highest BCUT2D eigenvalue weighted by Crippen LogP contribution is 2.45. The molecule has 11 aromatic rings. The smallest absolute Gasteiger partial charge is 0.137 e. The number of rotatable bonds is 5. The molecule has 53 heavy (non-hydrogen) atoms. The molecule has 0 saturated heterocycles. The highest BCUT2D eigenvalue weighted by Gasteiger charge is 2.19. The van der Waals surface area contributed by atoms with Gasteiger partial charge in [0, 0.05) is 54.1 Å². The number of hydrogen-bond donors (Lipinski definition) is 0. The van der Waals surface area contributed by atoms with Gasteiger partial charge >= 0.3 is 0 Å². The first-order valence-electron chi connectivity index (χ1n) is 18.0. The maximum absolute atomic E-state index is 6.41. The largest absolute Gasteiger partial charge is 0.456 e. The van der Waals surface area contributed by atoms with Crippen molar-refractivity contribution in [1.29, 1.82) is 0 Å². The van der Waals surface area contributed by atoms with E-state index in [-0.39, 0.29) is 0 Å². The van der Waals surface area contributed by atoms with Crippen LogP contribution in [0.1, 0.15) is 0 Å². The third-order valence-corrected chi connectivity index (χ3v) is 11.8.